The van der Waals surface area contributed by atoms with Crippen molar-refractivity contribution in [3.63, 3.8) is 0 Å². The lowest BCUT2D eigenvalue weighted by atomic mass is 9.53. The van der Waals surface area contributed by atoms with Crippen LogP contribution in [0.25, 0.3) is 11.0 Å². The normalized spacial score (nSPS) is 29.9. The number of amides is 1. The van der Waals surface area contributed by atoms with Crippen molar-refractivity contribution in [2.75, 3.05) is 5.75 Å². The van der Waals surface area contributed by atoms with Gasteiger partial charge in [0, 0.05) is 18.3 Å². The Labute approximate surface area is 174 Å². The van der Waals surface area contributed by atoms with Gasteiger partial charge in [-0.25, -0.2) is 9.97 Å². The van der Waals surface area contributed by atoms with Crippen LogP contribution in [0.5, 0.6) is 0 Å². The molecular formula is C22H26N4O2S. The molecule has 4 bridgehead atoms. The molecule has 6 rings (SSSR count). The van der Waals surface area contributed by atoms with Gasteiger partial charge in [-0.05, 0) is 68.4 Å². The van der Waals surface area contributed by atoms with Gasteiger partial charge in [-0.2, -0.15) is 0 Å². The molecular weight excluding hydrogens is 384 g/mol. The Bertz CT molecular complexity index is 996. The third kappa shape index (κ3) is 3.50. The standard InChI is InChI=1S/C22H26N4O2S/c1-2-6-26-20(28)17-4-3-5-23-19(17)24-21(26)29-13-18(27)25-22-10-14-7-15(11-22)9-16(8-14)12-22/h2-5,14-16H,1,6-13H2,(H,25,27). The quantitative estimate of drug-likeness (QED) is 0.450. The molecule has 1 N–H and O–H groups in total. The number of nitrogens with one attached hydrogen (secondary N) is 1. The number of thioether (sulfide) groups is 1. The summed E-state index contributed by atoms with van der Waals surface area (Å²) in [5.41, 5.74) is 0.278. The summed E-state index contributed by atoms with van der Waals surface area (Å²) < 4.78 is 1.57. The number of hydrogen-bond acceptors (Lipinski definition) is 5. The molecule has 2 heterocycles. The lowest BCUT2D eigenvalue weighted by Gasteiger charge is -2.56. The maximum absolute atomic E-state index is 12.8. The highest BCUT2D eigenvalue weighted by Gasteiger charge is 2.51. The van der Waals surface area contributed by atoms with E-state index in [1.54, 1.807) is 29.0 Å². The van der Waals surface area contributed by atoms with Crippen molar-refractivity contribution in [1.29, 1.82) is 0 Å². The zero-order chi connectivity index (χ0) is 20.0. The molecule has 0 radical (unpaired) electrons. The number of rotatable bonds is 6. The molecule has 4 aliphatic carbocycles. The van der Waals surface area contributed by atoms with E-state index in [9.17, 15) is 9.59 Å². The van der Waals surface area contributed by atoms with E-state index in [0.29, 0.717) is 22.7 Å². The molecule has 2 aromatic heterocycles. The molecule has 0 saturated heterocycles. The Morgan fingerprint density at radius 1 is 1.28 bits per heavy atom. The SMILES string of the molecule is C=CCn1c(SCC(=O)NC23CC4CC(CC(C4)C2)C3)nc2ncccc2c1=O. The number of aromatic nitrogens is 3. The molecule has 2 aromatic rings. The van der Waals surface area contributed by atoms with Crippen molar-refractivity contribution < 1.29 is 4.79 Å². The minimum atomic E-state index is -0.146. The number of carbonyl (C=O) groups excluding carboxylic acids is 1. The third-order valence-electron chi connectivity index (χ3n) is 6.78. The molecule has 0 aliphatic heterocycles. The lowest BCUT2D eigenvalue weighted by Crippen LogP contribution is -2.60. The Morgan fingerprint density at radius 2 is 1.97 bits per heavy atom. The molecule has 4 aliphatic rings. The summed E-state index contributed by atoms with van der Waals surface area (Å²) in [4.78, 5) is 34.4. The van der Waals surface area contributed by atoms with E-state index in [1.165, 1.54) is 31.0 Å². The molecule has 4 saturated carbocycles. The summed E-state index contributed by atoms with van der Waals surface area (Å²) >= 11 is 1.30. The number of nitrogens with zero attached hydrogens (tertiary/aromatic N) is 3. The van der Waals surface area contributed by atoms with E-state index in [2.05, 4.69) is 21.9 Å². The number of allylic oxidation sites excluding steroid dienone is 1. The van der Waals surface area contributed by atoms with Gasteiger partial charge in [0.2, 0.25) is 5.91 Å². The zero-order valence-corrected chi connectivity index (χ0v) is 17.3. The topological polar surface area (TPSA) is 76.9 Å². The van der Waals surface area contributed by atoms with Gasteiger partial charge in [-0.15, -0.1) is 6.58 Å². The first-order valence-electron chi connectivity index (χ1n) is 10.5. The van der Waals surface area contributed by atoms with E-state index in [1.807, 2.05) is 0 Å². The van der Waals surface area contributed by atoms with Gasteiger partial charge in [0.25, 0.3) is 5.56 Å². The van der Waals surface area contributed by atoms with Crippen molar-refractivity contribution in [2.45, 2.75) is 55.8 Å². The van der Waals surface area contributed by atoms with E-state index in [0.717, 1.165) is 37.0 Å². The Hall–Kier alpha value is -2.15. The first-order chi connectivity index (χ1) is 14.0. The molecule has 0 unspecified atom stereocenters. The van der Waals surface area contributed by atoms with Crippen LogP contribution in [0.3, 0.4) is 0 Å². The van der Waals surface area contributed by atoms with E-state index >= 15 is 0 Å². The molecule has 29 heavy (non-hydrogen) atoms. The molecule has 7 heteroatoms. The van der Waals surface area contributed by atoms with Crippen LogP contribution in [0.1, 0.15) is 38.5 Å². The molecule has 0 atom stereocenters. The highest BCUT2D eigenvalue weighted by atomic mass is 32.2. The van der Waals surface area contributed by atoms with Crippen molar-refractivity contribution in [3.05, 3.63) is 41.3 Å². The average Bonchev–Trinajstić information content (AvgIpc) is 2.67. The lowest BCUT2D eigenvalue weighted by molar-refractivity contribution is -0.124. The van der Waals surface area contributed by atoms with Crippen LogP contribution in [0.2, 0.25) is 0 Å². The summed E-state index contributed by atoms with van der Waals surface area (Å²) in [6, 6.07) is 3.46. The van der Waals surface area contributed by atoms with Gasteiger partial charge in [0.1, 0.15) is 0 Å². The fourth-order valence-electron chi connectivity index (χ4n) is 6.16. The predicted molar refractivity (Wildman–Crippen MR) is 114 cm³/mol. The predicted octanol–water partition coefficient (Wildman–Crippen LogP) is 3.15. The second kappa shape index (κ2) is 7.27. The van der Waals surface area contributed by atoms with E-state index in [-0.39, 0.29) is 22.8 Å². The molecule has 4 fully saturated rings. The Kier molecular flexibility index (Phi) is 4.73. The number of carbonyl (C=O) groups is 1. The molecule has 152 valence electrons. The maximum Gasteiger partial charge on any atom is 0.263 e. The minimum Gasteiger partial charge on any atom is -0.350 e. The average molecular weight is 411 g/mol. The number of hydrogen-bond donors (Lipinski definition) is 1. The molecule has 0 spiro atoms. The van der Waals surface area contributed by atoms with Crippen LogP contribution in [-0.2, 0) is 11.3 Å². The second-order valence-corrected chi connectivity index (χ2v) is 9.95. The van der Waals surface area contributed by atoms with Crippen molar-refractivity contribution >= 4 is 28.7 Å². The van der Waals surface area contributed by atoms with Crippen molar-refractivity contribution in [1.82, 2.24) is 19.9 Å². The van der Waals surface area contributed by atoms with Crippen LogP contribution in [0.15, 0.2) is 40.9 Å². The molecule has 0 aromatic carbocycles. The number of pyridine rings is 1. The van der Waals surface area contributed by atoms with Gasteiger partial charge in [0.15, 0.2) is 10.8 Å². The second-order valence-electron chi connectivity index (χ2n) is 9.01. The van der Waals surface area contributed by atoms with Gasteiger partial charge < -0.3 is 5.32 Å². The van der Waals surface area contributed by atoms with Crippen LogP contribution >= 0.6 is 11.8 Å². The van der Waals surface area contributed by atoms with E-state index in [4.69, 9.17) is 0 Å². The minimum absolute atomic E-state index is 0.00550. The summed E-state index contributed by atoms with van der Waals surface area (Å²) in [7, 11) is 0. The summed E-state index contributed by atoms with van der Waals surface area (Å²) in [5.74, 6) is 2.67. The number of fused-ring (bicyclic) bond motifs is 1. The van der Waals surface area contributed by atoms with Crippen LogP contribution in [0.4, 0.5) is 0 Å². The molecule has 1 amide bonds. The first kappa shape index (κ1) is 18.9. The summed E-state index contributed by atoms with van der Waals surface area (Å²) in [6.07, 6.45) is 10.8. The van der Waals surface area contributed by atoms with Crippen LogP contribution < -0.4 is 10.9 Å². The Morgan fingerprint density at radius 3 is 2.62 bits per heavy atom. The van der Waals surface area contributed by atoms with E-state index < -0.39 is 0 Å². The van der Waals surface area contributed by atoms with Gasteiger partial charge in [0.05, 0.1) is 11.1 Å². The van der Waals surface area contributed by atoms with Gasteiger partial charge in [-0.3, -0.25) is 14.2 Å². The van der Waals surface area contributed by atoms with Gasteiger partial charge in [-0.1, -0.05) is 17.8 Å². The van der Waals surface area contributed by atoms with Crippen LogP contribution in [-0.4, -0.2) is 31.7 Å². The zero-order valence-electron chi connectivity index (χ0n) is 16.5. The third-order valence-corrected chi connectivity index (χ3v) is 7.76. The van der Waals surface area contributed by atoms with Crippen LogP contribution in [0, 0.1) is 17.8 Å². The fraction of sp³-hybridized carbons (Fsp3) is 0.545. The maximum atomic E-state index is 12.8. The summed E-state index contributed by atoms with van der Waals surface area (Å²) in [6.45, 7) is 4.10. The fourth-order valence-corrected chi connectivity index (χ4v) is 6.96. The largest absolute Gasteiger partial charge is 0.350 e. The molecule has 6 nitrogen and oxygen atoms in total. The first-order valence-corrected chi connectivity index (χ1v) is 11.4. The van der Waals surface area contributed by atoms with Crippen molar-refractivity contribution in [2.24, 2.45) is 17.8 Å². The highest BCUT2D eigenvalue weighted by molar-refractivity contribution is 7.99. The van der Waals surface area contributed by atoms with Crippen molar-refractivity contribution in [3.8, 4) is 0 Å². The Balaban J connectivity index is 1.33. The highest BCUT2D eigenvalue weighted by Crippen LogP contribution is 2.55. The monoisotopic (exact) mass is 410 g/mol. The summed E-state index contributed by atoms with van der Waals surface area (Å²) in [5, 5.41) is 4.39. The van der Waals surface area contributed by atoms with Gasteiger partial charge >= 0.3 is 0 Å². The smallest absolute Gasteiger partial charge is 0.263 e.